The number of nitrogens with zero attached hydrogens (tertiary/aromatic N) is 2. The van der Waals surface area contributed by atoms with Gasteiger partial charge in [0.2, 0.25) is 0 Å². The maximum absolute atomic E-state index is 12.3. The van der Waals surface area contributed by atoms with E-state index >= 15 is 0 Å². The Labute approximate surface area is 153 Å². The minimum Gasteiger partial charge on any atom is -0.494 e. The van der Waals surface area contributed by atoms with Crippen molar-refractivity contribution in [3.8, 4) is 5.75 Å². The van der Waals surface area contributed by atoms with Crippen molar-refractivity contribution in [1.82, 2.24) is 4.98 Å². The van der Waals surface area contributed by atoms with E-state index in [9.17, 15) is 14.9 Å². The lowest BCUT2D eigenvalue weighted by Crippen LogP contribution is -2.11. The molecular formula is C18H17N3O4S. The summed E-state index contributed by atoms with van der Waals surface area (Å²) in [6.07, 6.45) is 2.05. The first kappa shape index (κ1) is 17.8. The van der Waals surface area contributed by atoms with Crippen molar-refractivity contribution < 1.29 is 14.5 Å². The molecule has 0 aliphatic carbocycles. The number of nitro benzene ring substituents is 1. The average Bonchev–Trinajstić information content (AvgIpc) is 3.03. The molecule has 1 heterocycles. The molecule has 0 spiro atoms. The van der Waals surface area contributed by atoms with Crippen LogP contribution in [0.3, 0.4) is 0 Å². The number of fused-ring (bicyclic) bond motifs is 1. The summed E-state index contributed by atoms with van der Waals surface area (Å²) in [7, 11) is 0. The number of ether oxygens (including phenoxy) is 1. The molecule has 3 rings (SSSR count). The van der Waals surface area contributed by atoms with Crippen molar-refractivity contribution in [1.29, 1.82) is 0 Å². The number of thiazole rings is 1. The van der Waals surface area contributed by atoms with Gasteiger partial charge in [-0.15, -0.1) is 0 Å². The van der Waals surface area contributed by atoms with E-state index in [-0.39, 0.29) is 11.6 Å². The normalized spacial score (nSPS) is 10.7. The highest BCUT2D eigenvalue weighted by Gasteiger charge is 2.13. The summed E-state index contributed by atoms with van der Waals surface area (Å²) in [5.74, 6) is 0.431. The maximum Gasteiger partial charge on any atom is 0.270 e. The highest BCUT2D eigenvalue weighted by atomic mass is 32.1. The quantitative estimate of drug-likeness (QED) is 0.371. The molecule has 1 aromatic heterocycles. The van der Waals surface area contributed by atoms with Crippen LogP contribution in [0, 0.1) is 10.1 Å². The van der Waals surface area contributed by atoms with Gasteiger partial charge >= 0.3 is 0 Å². The maximum atomic E-state index is 12.3. The van der Waals surface area contributed by atoms with Crippen LogP contribution in [-0.4, -0.2) is 22.4 Å². The summed E-state index contributed by atoms with van der Waals surface area (Å²) in [6.45, 7) is 2.75. The van der Waals surface area contributed by atoms with Gasteiger partial charge in [-0.3, -0.25) is 20.2 Å². The zero-order chi connectivity index (χ0) is 18.5. The lowest BCUT2D eigenvalue weighted by Gasteiger charge is -2.06. The Morgan fingerprint density at radius 1 is 1.27 bits per heavy atom. The van der Waals surface area contributed by atoms with Gasteiger partial charge < -0.3 is 4.74 Å². The second-order valence-electron chi connectivity index (χ2n) is 5.61. The number of amides is 1. The predicted molar refractivity (Wildman–Crippen MR) is 101 cm³/mol. The van der Waals surface area contributed by atoms with Gasteiger partial charge in [-0.2, -0.15) is 0 Å². The van der Waals surface area contributed by atoms with Crippen LogP contribution in [0.5, 0.6) is 5.75 Å². The Kier molecular flexibility index (Phi) is 5.43. The number of aromatic nitrogens is 1. The molecule has 0 aliphatic heterocycles. The van der Waals surface area contributed by atoms with Gasteiger partial charge in [0, 0.05) is 17.7 Å². The molecule has 0 aliphatic rings. The molecule has 0 radical (unpaired) electrons. The number of benzene rings is 2. The number of non-ortho nitro benzene ring substituents is 1. The number of nitrogens with one attached hydrogen (secondary N) is 1. The Morgan fingerprint density at radius 2 is 2.04 bits per heavy atom. The number of hydrogen-bond donors (Lipinski definition) is 1. The number of unbranched alkanes of at least 4 members (excludes halogenated alkanes) is 1. The lowest BCUT2D eigenvalue weighted by atomic mass is 10.2. The minimum absolute atomic E-state index is 0.00214. The smallest absolute Gasteiger partial charge is 0.270 e. The molecule has 0 bridgehead atoms. The summed E-state index contributed by atoms with van der Waals surface area (Å²) in [5.41, 5.74) is 1.09. The van der Waals surface area contributed by atoms with Crippen molar-refractivity contribution >= 4 is 38.3 Å². The number of nitro groups is 1. The molecule has 7 nitrogen and oxygen atoms in total. The summed E-state index contributed by atoms with van der Waals surface area (Å²) in [6, 6.07) is 11.3. The van der Waals surface area contributed by atoms with E-state index in [2.05, 4.69) is 17.2 Å². The zero-order valence-electron chi connectivity index (χ0n) is 14.1. The second kappa shape index (κ2) is 7.92. The third-order valence-electron chi connectivity index (χ3n) is 3.69. The van der Waals surface area contributed by atoms with Crippen LogP contribution >= 0.6 is 11.3 Å². The molecule has 0 saturated heterocycles. The molecule has 0 fully saturated rings. The number of anilines is 1. The van der Waals surface area contributed by atoms with E-state index in [4.69, 9.17) is 4.74 Å². The van der Waals surface area contributed by atoms with Gasteiger partial charge in [0.15, 0.2) is 5.13 Å². The van der Waals surface area contributed by atoms with Crippen LogP contribution < -0.4 is 10.1 Å². The van der Waals surface area contributed by atoms with Gasteiger partial charge in [0.25, 0.3) is 11.6 Å². The van der Waals surface area contributed by atoms with E-state index in [1.54, 1.807) is 30.3 Å². The van der Waals surface area contributed by atoms with E-state index in [0.717, 1.165) is 18.6 Å². The molecule has 0 unspecified atom stereocenters. The molecule has 0 atom stereocenters. The lowest BCUT2D eigenvalue weighted by molar-refractivity contribution is -0.384. The monoisotopic (exact) mass is 371 g/mol. The Hall–Kier alpha value is -3.00. The molecule has 3 aromatic rings. The van der Waals surface area contributed by atoms with E-state index in [1.165, 1.54) is 23.5 Å². The second-order valence-corrected chi connectivity index (χ2v) is 6.64. The summed E-state index contributed by atoms with van der Waals surface area (Å²) in [5, 5.41) is 14.0. The topological polar surface area (TPSA) is 94.4 Å². The SMILES string of the molecule is CCCCOc1ccc(C(=O)Nc2nc3ccc([N+](=O)[O-])cc3s2)cc1. The summed E-state index contributed by atoms with van der Waals surface area (Å²) >= 11 is 1.20. The largest absolute Gasteiger partial charge is 0.494 e. The highest BCUT2D eigenvalue weighted by Crippen LogP contribution is 2.29. The summed E-state index contributed by atoms with van der Waals surface area (Å²) in [4.78, 5) is 27.0. The number of rotatable bonds is 7. The zero-order valence-corrected chi connectivity index (χ0v) is 14.9. The molecule has 8 heteroatoms. The molecule has 2 aromatic carbocycles. The van der Waals surface area contributed by atoms with Gasteiger partial charge in [-0.05, 0) is 36.8 Å². The first-order valence-electron chi connectivity index (χ1n) is 8.16. The molecular weight excluding hydrogens is 354 g/mol. The van der Waals surface area contributed by atoms with Crippen LogP contribution in [0.25, 0.3) is 10.2 Å². The van der Waals surface area contributed by atoms with Crippen molar-refractivity contribution in [2.45, 2.75) is 19.8 Å². The van der Waals surface area contributed by atoms with Crippen molar-refractivity contribution in [2.24, 2.45) is 0 Å². The van der Waals surface area contributed by atoms with Gasteiger partial charge in [-0.1, -0.05) is 24.7 Å². The van der Waals surface area contributed by atoms with Crippen LogP contribution in [0.15, 0.2) is 42.5 Å². The Balaban J connectivity index is 1.69. The van der Waals surface area contributed by atoms with Crippen molar-refractivity contribution in [3.05, 3.63) is 58.1 Å². The van der Waals surface area contributed by atoms with Gasteiger partial charge in [0.05, 0.1) is 21.7 Å². The molecule has 1 amide bonds. The minimum atomic E-state index is -0.457. The van der Waals surface area contributed by atoms with Gasteiger partial charge in [0.1, 0.15) is 5.75 Å². The van der Waals surface area contributed by atoms with E-state index < -0.39 is 4.92 Å². The Bertz CT molecular complexity index is 937. The first-order chi connectivity index (χ1) is 12.6. The average molecular weight is 371 g/mol. The van der Waals surface area contributed by atoms with Crippen LogP contribution in [0.4, 0.5) is 10.8 Å². The van der Waals surface area contributed by atoms with Gasteiger partial charge in [-0.25, -0.2) is 4.98 Å². The van der Waals surface area contributed by atoms with Crippen molar-refractivity contribution in [2.75, 3.05) is 11.9 Å². The summed E-state index contributed by atoms with van der Waals surface area (Å²) < 4.78 is 6.22. The molecule has 0 saturated carbocycles. The Morgan fingerprint density at radius 3 is 2.73 bits per heavy atom. The fraction of sp³-hybridized carbons (Fsp3) is 0.222. The molecule has 1 N–H and O–H groups in total. The molecule has 26 heavy (non-hydrogen) atoms. The van der Waals surface area contributed by atoms with E-state index in [0.29, 0.717) is 27.5 Å². The fourth-order valence-corrected chi connectivity index (χ4v) is 3.18. The third-order valence-corrected chi connectivity index (χ3v) is 4.62. The third kappa shape index (κ3) is 4.15. The number of carbonyl (C=O) groups excluding carboxylic acids is 1. The van der Waals surface area contributed by atoms with Crippen LogP contribution in [0.2, 0.25) is 0 Å². The van der Waals surface area contributed by atoms with Crippen LogP contribution in [-0.2, 0) is 0 Å². The van der Waals surface area contributed by atoms with Crippen LogP contribution in [0.1, 0.15) is 30.1 Å². The molecule has 134 valence electrons. The number of hydrogen-bond acceptors (Lipinski definition) is 6. The van der Waals surface area contributed by atoms with Crippen molar-refractivity contribution in [3.63, 3.8) is 0 Å². The fourth-order valence-electron chi connectivity index (χ4n) is 2.29. The number of carbonyl (C=O) groups is 1. The highest BCUT2D eigenvalue weighted by molar-refractivity contribution is 7.22. The van der Waals surface area contributed by atoms with E-state index in [1.807, 2.05) is 0 Å². The predicted octanol–water partition coefficient (Wildman–Crippen LogP) is 4.64. The standard InChI is InChI=1S/C18H17N3O4S/c1-2-3-10-25-14-7-4-12(5-8-14)17(22)20-18-19-15-9-6-13(21(23)24)11-16(15)26-18/h4-9,11H,2-3,10H2,1H3,(H,19,20,22). The first-order valence-corrected chi connectivity index (χ1v) is 8.97.